The van der Waals surface area contributed by atoms with Gasteiger partial charge in [0.05, 0.1) is 12.8 Å². The molecule has 1 atom stereocenters. The largest absolute Gasteiger partial charge is 0.495 e. The van der Waals surface area contributed by atoms with Gasteiger partial charge in [-0.15, -0.1) is 0 Å². The smallest absolute Gasteiger partial charge is 0.268 e. The van der Waals surface area contributed by atoms with Crippen LogP contribution in [-0.4, -0.2) is 46.0 Å². The third-order valence-corrected chi connectivity index (χ3v) is 7.67. The van der Waals surface area contributed by atoms with Crippen LogP contribution in [0, 0.1) is 5.92 Å². The Morgan fingerprint density at radius 1 is 1.16 bits per heavy atom. The molecule has 2 aromatic carbocycles. The lowest BCUT2D eigenvalue weighted by atomic mass is 10.0. The summed E-state index contributed by atoms with van der Waals surface area (Å²) in [7, 11) is -0.702. The number of benzene rings is 2. The molecular weight excluding hydrogens is 412 g/mol. The first-order valence-electron chi connectivity index (χ1n) is 10.7. The van der Waals surface area contributed by atoms with Crippen molar-refractivity contribution in [3.8, 4) is 5.75 Å². The quantitative estimate of drug-likeness (QED) is 0.637. The zero-order chi connectivity index (χ0) is 22.8. The lowest BCUT2D eigenvalue weighted by Gasteiger charge is -2.31. The van der Waals surface area contributed by atoms with Gasteiger partial charge in [-0.3, -0.25) is 9.10 Å². The summed E-state index contributed by atoms with van der Waals surface area (Å²) in [5.74, 6) is 0.486. The number of amides is 1. The number of para-hydroxylation sites is 1. The minimum Gasteiger partial charge on any atom is -0.495 e. The molecule has 1 aliphatic rings. The maximum Gasteiger partial charge on any atom is 0.268 e. The van der Waals surface area contributed by atoms with Crippen LogP contribution in [-0.2, 0) is 16.4 Å². The molecular formula is C24H32N2O4S. The highest BCUT2D eigenvalue weighted by Crippen LogP contribution is 2.35. The van der Waals surface area contributed by atoms with E-state index in [1.54, 1.807) is 24.1 Å². The molecule has 0 bridgehead atoms. The van der Waals surface area contributed by atoms with Crippen molar-refractivity contribution >= 4 is 21.6 Å². The van der Waals surface area contributed by atoms with Crippen LogP contribution in [0.5, 0.6) is 5.75 Å². The number of carbonyl (C=O) groups excluding carboxylic acids is 1. The average Bonchev–Trinajstić information content (AvgIpc) is 2.76. The number of fused-ring (bicyclic) bond motifs is 1. The van der Waals surface area contributed by atoms with Crippen molar-refractivity contribution in [2.24, 2.45) is 5.92 Å². The summed E-state index contributed by atoms with van der Waals surface area (Å²) in [5, 5.41) is 0. The van der Waals surface area contributed by atoms with Crippen molar-refractivity contribution in [2.75, 3.05) is 25.0 Å². The molecule has 0 fully saturated rings. The van der Waals surface area contributed by atoms with Crippen molar-refractivity contribution < 1.29 is 17.9 Å². The van der Waals surface area contributed by atoms with E-state index in [0.29, 0.717) is 23.7 Å². The highest BCUT2D eigenvalue weighted by Gasteiger charge is 2.32. The van der Waals surface area contributed by atoms with Crippen LogP contribution in [0.1, 0.15) is 49.5 Å². The standard InChI is InChI=1S/C24H32N2O4S/c1-17(2)15-18(3)25(4)24(27)20-12-13-22(30-5)23(16-20)31(28,29)26-14-8-10-19-9-6-7-11-21(19)26/h6-7,9,11-13,16-18H,8,10,14-15H2,1-5H3. The Hall–Kier alpha value is -2.54. The minimum atomic E-state index is -3.90. The number of carbonyl (C=O) groups is 1. The number of methoxy groups -OCH3 is 1. The van der Waals surface area contributed by atoms with Gasteiger partial charge in [0.2, 0.25) is 0 Å². The van der Waals surface area contributed by atoms with Crippen LogP contribution in [0.15, 0.2) is 47.4 Å². The van der Waals surface area contributed by atoms with Crippen LogP contribution in [0.2, 0.25) is 0 Å². The van der Waals surface area contributed by atoms with Gasteiger partial charge in [0, 0.05) is 25.2 Å². The molecule has 0 aliphatic carbocycles. The van der Waals surface area contributed by atoms with Gasteiger partial charge in [0.1, 0.15) is 10.6 Å². The van der Waals surface area contributed by atoms with Crippen LogP contribution >= 0.6 is 0 Å². The molecule has 0 saturated heterocycles. The van der Waals surface area contributed by atoms with E-state index in [9.17, 15) is 13.2 Å². The first-order valence-corrected chi connectivity index (χ1v) is 12.2. The summed E-state index contributed by atoms with van der Waals surface area (Å²) < 4.78 is 34.2. The predicted molar refractivity (Wildman–Crippen MR) is 123 cm³/mol. The van der Waals surface area contributed by atoms with Crippen molar-refractivity contribution in [2.45, 2.75) is 51.0 Å². The SMILES string of the molecule is COc1ccc(C(=O)N(C)C(C)CC(C)C)cc1S(=O)(=O)N1CCCc2ccccc21. The van der Waals surface area contributed by atoms with Crippen molar-refractivity contribution in [3.63, 3.8) is 0 Å². The fraction of sp³-hybridized carbons (Fsp3) is 0.458. The minimum absolute atomic E-state index is 0.0162. The van der Waals surface area contributed by atoms with Gasteiger partial charge in [-0.2, -0.15) is 0 Å². The van der Waals surface area contributed by atoms with E-state index in [4.69, 9.17) is 4.74 Å². The topological polar surface area (TPSA) is 66.9 Å². The second-order valence-corrected chi connectivity index (χ2v) is 10.4. The van der Waals surface area contributed by atoms with E-state index in [-0.39, 0.29) is 22.6 Å². The zero-order valence-corrected chi connectivity index (χ0v) is 19.8. The molecule has 1 aliphatic heterocycles. The van der Waals surface area contributed by atoms with Crippen LogP contribution in [0.25, 0.3) is 0 Å². The molecule has 31 heavy (non-hydrogen) atoms. The van der Waals surface area contributed by atoms with Crippen LogP contribution in [0.3, 0.4) is 0 Å². The molecule has 168 valence electrons. The zero-order valence-electron chi connectivity index (χ0n) is 19.0. The fourth-order valence-electron chi connectivity index (χ4n) is 4.12. The Labute approximate surface area is 185 Å². The summed E-state index contributed by atoms with van der Waals surface area (Å²) >= 11 is 0. The molecule has 1 amide bonds. The molecule has 3 rings (SSSR count). The number of sulfonamides is 1. The van der Waals surface area contributed by atoms with Gasteiger partial charge in [-0.05, 0) is 61.9 Å². The Balaban J connectivity index is 2.01. The number of hydrogen-bond acceptors (Lipinski definition) is 4. The molecule has 1 unspecified atom stereocenters. The lowest BCUT2D eigenvalue weighted by Crippen LogP contribution is -2.37. The van der Waals surface area contributed by atoms with E-state index in [2.05, 4.69) is 13.8 Å². The number of hydrogen-bond donors (Lipinski definition) is 0. The summed E-state index contributed by atoms with van der Waals surface area (Å²) in [5.41, 5.74) is 2.03. The molecule has 0 N–H and O–H groups in total. The van der Waals surface area contributed by atoms with Gasteiger partial charge < -0.3 is 9.64 Å². The lowest BCUT2D eigenvalue weighted by molar-refractivity contribution is 0.0728. The highest BCUT2D eigenvalue weighted by atomic mass is 32.2. The number of nitrogens with zero attached hydrogens (tertiary/aromatic N) is 2. The van der Waals surface area contributed by atoms with Crippen molar-refractivity contribution in [1.82, 2.24) is 4.90 Å². The van der Waals surface area contributed by atoms with E-state index in [1.807, 2.05) is 31.2 Å². The predicted octanol–water partition coefficient (Wildman–Crippen LogP) is 4.34. The fourth-order valence-corrected chi connectivity index (χ4v) is 5.85. The molecule has 0 spiro atoms. The number of rotatable bonds is 7. The molecule has 0 radical (unpaired) electrons. The highest BCUT2D eigenvalue weighted by molar-refractivity contribution is 7.93. The normalized spacial score (nSPS) is 14.8. The Bertz CT molecular complexity index is 1050. The summed E-state index contributed by atoms with van der Waals surface area (Å²) in [6.07, 6.45) is 2.46. The molecule has 0 saturated carbocycles. The summed E-state index contributed by atoms with van der Waals surface area (Å²) in [4.78, 5) is 14.8. The van der Waals surface area contributed by atoms with Crippen LogP contribution < -0.4 is 9.04 Å². The average molecular weight is 445 g/mol. The van der Waals surface area contributed by atoms with Crippen molar-refractivity contribution in [1.29, 1.82) is 0 Å². The third-order valence-electron chi connectivity index (χ3n) is 5.84. The van der Waals surface area contributed by atoms with E-state index in [1.165, 1.54) is 17.5 Å². The van der Waals surface area contributed by atoms with E-state index < -0.39 is 10.0 Å². The molecule has 1 heterocycles. The maximum atomic E-state index is 13.7. The second-order valence-electron chi connectivity index (χ2n) is 8.57. The van der Waals surface area contributed by atoms with Gasteiger partial charge in [0.15, 0.2) is 0 Å². The molecule has 0 aromatic heterocycles. The Morgan fingerprint density at radius 3 is 2.55 bits per heavy atom. The summed E-state index contributed by atoms with van der Waals surface area (Å²) in [6.45, 7) is 6.63. The summed E-state index contributed by atoms with van der Waals surface area (Å²) in [6, 6.07) is 12.2. The Kier molecular flexibility index (Phi) is 6.94. The van der Waals surface area contributed by atoms with E-state index >= 15 is 0 Å². The van der Waals surface area contributed by atoms with Crippen LogP contribution in [0.4, 0.5) is 5.69 Å². The van der Waals surface area contributed by atoms with Gasteiger partial charge in [-0.1, -0.05) is 32.0 Å². The van der Waals surface area contributed by atoms with Crippen molar-refractivity contribution in [3.05, 3.63) is 53.6 Å². The monoisotopic (exact) mass is 444 g/mol. The van der Waals surface area contributed by atoms with Gasteiger partial charge in [-0.25, -0.2) is 8.42 Å². The van der Waals surface area contributed by atoms with Gasteiger partial charge in [0.25, 0.3) is 15.9 Å². The maximum absolute atomic E-state index is 13.7. The second kappa shape index (κ2) is 9.30. The molecule has 7 heteroatoms. The number of ether oxygens (including phenoxy) is 1. The van der Waals surface area contributed by atoms with Gasteiger partial charge >= 0.3 is 0 Å². The van der Waals surface area contributed by atoms with E-state index in [0.717, 1.165) is 24.8 Å². The molecule has 2 aromatic rings. The number of anilines is 1. The number of aryl methyl sites for hydroxylation is 1. The third kappa shape index (κ3) is 4.71. The first-order chi connectivity index (χ1) is 14.7. The molecule has 6 nitrogen and oxygen atoms in total. The Morgan fingerprint density at radius 2 is 1.87 bits per heavy atom. The first kappa shape index (κ1) is 23.1.